The molecule has 0 aliphatic carbocycles. The Morgan fingerprint density at radius 2 is 2.31 bits per heavy atom. The van der Waals surface area contributed by atoms with E-state index in [2.05, 4.69) is 4.98 Å². The lowest BCUT2D eigenvalue weighted by molar-refractivity contribution is 0.112. The van der Waals surface area contributed by atoms with Crippen molar-refractivity contribution in [1.29, 1.82) is 0 Å². The van der Waals surface area contributed by atoms with Crippen molar-refractivity contribution in [2.24, 2.45) is 5.73 Å². The number of alkyl halides is 2. The quantitative estimate of drug-likeness (QED) is 0.723. The van der Waals surface area contributed by atoms with Crippen molar-refractivity contribution < 1.29 is 13.6 Å². The van der Waals surface area contributed by atoms with Crippen molar-refractivity contribution in [3.8, 4) is 0 Å². The molecule has 0 fully saturated rings. The topological polar surface area (TPSA) is 56.0 Å². The van der Waals surface area contributed by atoms with Gasteiger partial charge in [0, 0.05) is 23.9 Å². The Balaban J connectivity index is 3.17. The van der Waals surface area contributed by atoms with Crippen LogP contribution in [0.5, 0.6) is 0 Å². The molecule has 0 atom stereocenters. The second-order valence-corrected chi connectivity index (χ2v) is 2.43. The van der Waals surface area contributed by atoms with Crippen LogP contribution in [0.2, 0.25) is 0 Å². The van der Waals surface area contributed by atoms with Crippen molar-refractivity contribution in [3.63, 3.8) is 0 Å². The Labute approximate surface area is 73.6 Å². The summed E-state index contributed by atoms with van der Waals surface area (Å²) in [6.45, 7) is -0.0567. The van der Waals surface area contributed by atoms with E-state index in [0.717, 1.165) is 6.07 Å². The predicted octanol–water partition coefficient (Wildman–Crippen LogP) is 1.29. The van der Waals surface area contributed by atoms with Gasteiger partial charge in [0.15, 0.2) is 6.29 Å². The molecule has 0 bridgehead atoms. The molecular formula is C8H8F2N2O. The Morgan fingerprint density at radius 1 is 1.62 bits per heavy atom. The molecule has 3 nitrogen and oxygen atoms in total. The smallest absolute Gasteiger partial charge is 0.265 e. The monoisotopic (exact) mass is 186 g/mol. The molecule has 0 amide bonds. The van der Waals surface area contributed by atoms with E-state index in [9.17, 15) is 13.6 Å². The fraction of sp³-hybridized carbons (Fsp3) is 0.250. The number of aromatic nitrogens is 1. The summed E-state index contributed by atoms with van der Waals surface area (Å²) < 4.78 is 24.6. The predicted molar refractivity (Wildman–Crippen MR) is 42.5 cm³/mol. The van der Waals surface area contributed by atoms with Gasteiger partial charge < -0.3 is 5.73 Å². The summed E-state index contributed by atoms with van der Waals surface area (Å²) in [5.74, 6) is 0. The number of nitrogens with two attached hydrogens (primary N) is 1. The molecular weight excluding hydrogens is 178 g/mol. The molecule has 0 aliphatic rings. The minimum absolute atomic E-state index is 0.0567. The standard InChI is InChI=1S/C8H8F2N2O/c9-8(10)6-1-5(4-13)3-12-7(6)2-11/h1,3-4,8H,2,11H2. The summed E-state index contributed by atoms with van der Waals surface area (Å²) in [5, 5.41) is 0. The van der Waals surface area contributed by atoms with Gasteiger partial charge in [0.05, 0.1) is 5.69 Å². The van der Waals surface area contributed by atoms with Gasteiger partial charge in [-0.05, 0) is 6.07 Å². The highest BCUT2D eigenvalue weighted by atomic mass is 19.3. The lowest BCUT2D eigenvalue weighted by atomic mass is 10.1. The van der Waals surface area contributed by atoms with E-state index in [1.54, 1.807) is 0 Å². The first-order chi connectivity index (χ1) is 6.19. The Bertz CT molecular complexity index is 315. The number of nitrogens with zero attached hydrogens (tertiary/aromatic N) is 1. The van der Waals surface area contributed by atoms with Crippen molar-refractivity contribution in [1.82, 2.24) is 4.98 Å². The van der Waals surface area contributed by atoms with Crippen molar-refractivity contribution in [3.05, 3.63) is 29.1 Å². The minimum Gasteiger partial charge on any atom is -0.325 e. The minimum atomic E-state index is -2.65. The molecule has 2 N–H and O–H groups in total. The van der Waals surface area contributed by atoms with Crippen LogP contribution in [0.1, 0.15) is 28.0 Å². The maximum absolute atomic E-state index is 12.3. The highest BCUT2D eigenvalue weighted by Gasteiger charge is 2.13. The molecule has 1 aromatic heterocycles. The summed E-state index contributed by atoms with van der Waals surface area (Å²) in [7, 11) is 0. The van der Waals surface area contributed by atoms with Crippen LogP contribution in [0, 0.1) is 0 Å². The number of aldehydes is 1. The zero-order chi connectivity index (χ0) is 9.84. The lowest BCUT2D eigenvalue weighted by Gasteiger charge is -2.05. The number of carbonyl (C=O) groups is 1. The number of rotatable bonds is 3. The van der Waals surface area contributed by atoms with Crippen LogP contribution in [-0.2, 0) is 6.54 Å². The van der Waals surface area contributed by atoms with Gasteiger partial charge in [-0.2, -0.15) is 0 Å². The molecule has 0 unspecified atom stereocenters. The second kappa shape index (κ2) is 4.04. The van der Waals surface area contributed by atoms with Gasteiger partial charge in [-0.3, -0.25) is 9.78 Å². The first kappa shape index (κ1) is 9.73. The molecule has 0 radical (unpaired) electrons. The van der Waals surface area contributed by atoms with Crippen LogP contribution in [0.4, 0.5) is 8.78 Å². The van der Waals surface area contributed by atoms with Crippen molar-refractivity contribution in [2.45, 2.75) is 13.0 Å². The van der Waals surface area contributed by atoms with E-state index >= 15 is 0 Å². The molecule has 13 heavy (non-hydrogen) atoms. The zero-order valence-corrected chi connectivity index (χ0v) is 6.71. The summed E-state index contributed by atoms with van der Waals surface area (Å²) in [6, 6.07) is 1.10. The second-order valence-electron chi connectivity index (χ2n) is 2.43. The molecule has 1 heterocycles. The molecule has 0 spiro atoms. The largest absolute Gasteiger partial charge is 0.325 e. The summed E-state index contributed by atoms with van der Waals surface area (Å²) >= 11 is 0. The number of hydrogen-bond acceptors (Lipinski definition) is 3. The van der Waals surface area contributed by atoms with Gasteiger partial charge in [0.2, 0.25) is 0 Å². The third-order valence-electron chi connectivity index (χ3n) is 1.59. The molecule has 0 saturated heterocycles. The lowest BCUT2D eigenvalue weighted by Crippen LogP contribution is -2.05. The Hall–Kier alpha value is -1.36. The number of carbonyl (C=O) groups excluding carboxylic acids is 1. The van der Waals surface area contributed by atoms with Crippen LogP contribution >= 0.6 is 0 Å². The fourth-order valence-corrected chi connectivity index (χ4v) is 0.951. The highest BCUT2D eigenvalue weighted by Crippen LogP contribution is 2.21. The summed E-state index contributed by atoms with van der Waals surface area (Å²) in [6.07, 6.45) is -0.953. The van der Waals surface area contributed by atoms with Crippen LogP contribution in [0.25, 0.3) is 0 Å². The highest BCUT2D eigenvalue weighted by molar-refractivity contribution is 5.74. The number of pyridine rings is 1. The van der Waals surface area contributed by atoms with Crippen LogP contribution in [0.3, 0.4) is 0 Å². The van der Waals surface area contributed by atoms with Crippen molar-refractivity contribution in [2.75, 3.05) is 0 Å². The summed E-state index contributed by atoms with van der Waals surface area (Å²) in [4.78, 5) is 13.9. The zero-order valence-electron chi connectivity index (χ0n) is 6.71. The fourth-order valence-electron chi connectivity index (χ4n) is 0.951. The SMILES string of the molecule is NCc1ncc(C=O)cc1C(F)F. The normalized spacial score (nSPS) is 10.5. The van der Waals surface area contributed by atoms with Crippen LogP contribution in [0.15, 0.2) is 12.3 Å². The van der Waals surface area contributed by atoms with Gasteiger partial charge in [0.25, 0.3) is 6.43 Å². The molecule has 5 heteroatoms. The molecule has 0 saturated carbocycles. The maximum atomic E-state index is 12.3. The van der Waals surface area contributed by atoms with E-state index in [0.29, 0.717) is 6.29 Å². The molecule has 70 valence electrons. The van der Waals surface area contributed by atoms with Gasteiger partial charge in [0.1, 0.15) is 0 Å². The van der Waals surface area contributed by atoms with Crippen LogP contribution in [-0.4, -0.2) is 11.3 Å². The van der Waals surface area contributed by atoms with Gasteiger partial charge >= 0.3 is 0 Å². The number of halogens is 2. The van der Waals surface area contributed by atoms with Crippen molar-refractivity contribution >= 4 is 6.29 Å². The van der Waals surface area contributed by atoms with Gasteiger partial charge in [-0.15, -0.1) is 0 Å². The maximum Gasteiger partial charge on any atom is 0.265 e. The Morgan fingerprint density at radius 3 is 2.77 bits per heavy atom. The first-order valence-electron chi connectivity index (χ1n) is 3.61. The molecule has 0 aliphatic heterocycles. The third kappa shape index (κ3) is 2.06. The molecule has 1 aromatic rings. The average Bonchev–Trinajstić information content (AvgIpc) is 2.16. The van der Waals surface area contributed by atoms with Crippen LogP contribution < -0.4 is 5.73 Å². The van der Waals surface area contributed by atoms with Gasteiger partial charge in [-0.25, -0.2) is 8.78 Å². The van der Waals surface area contributed by atoms with E-state index in [4.69, 9.17) is 5.73 Å². The van der Waals surface area contributed by atoms with E-state index < -0.39 is 6.43 Å². The van der Waals surface area contributed by atoms with Gasteiger partial charge in [-0.1, -0.05) is 0 Å². The molecule has 0 aromatic carbocycles. The van der Waals surface area contributed by atoms with E-state index in [1.807, 2.05) is 0 Å². The van der Waals surface area contributed by atoms with E-state index in [1.165, 1.54) is 6.20 Å². The summed E-state index contributed by atoms with van der Waals surface area (Å²) in [5.41, 5.74) is 5.18. The third-order valence-corrected chi connectivity index (χ3v) is 1.59. The first-order valence-corrected chi connectivity index (χ1v) is 3.61. The number of hydrogen-bond donors (Lipinski definition) is 1. The molecule has 1 rings (SSSR count). The van der Waals surface area contributed by atoms with E-state index in [-0.39, 0.29) is 23.4 Å². The average molecular weight is 186 g/mol. The Kier molecular flexibility index (Phi) is 3.02.